The lowest BCUT2D eigenvalue weighted by atomic mass is 10.1. The third-order valence-corrected chi connectivity index (χ3v) is 3.86. The van der Waals surface area contributed by atoms with Gasteiger partial charge in [0.05, 0.1) is 26.8 Å². The number of hydrogen-bond acceptors (Lipinski definition) is 3. The van der Waals surface area contributed by atoms with Crippen LogP contribution in [0.15, 0.2) is 53.5 Å². The van der Waals surface area contributed by atoms with E-state index in [9.17, 15) is 0 Å². The molecule has 5 nitrogen and oxygen atoms in total. The minimum Gasteiger partial charge on any atom is -0.493 e. The number of guanidine groups is 1. The lowest BCUT2D eigenvalue weighted by Crippen LogP contribution is -2.38. The van der Waals surface area contributed by atoms with Gasteiger partial charge in [-0.15, -0.1) is 0 Å². The van der Waals surface area contributed by atoms with Crippen molar-refractivity contribution in [3.05, 3.63) is 59.7 Å². The number of nitrogens with zero attached hydrogens (tertiary/aromatic N) is 1. The molecule has 0 aliphatic heterocycles. The van der Waals surface area contributed by atoms with Gasteiger partial charge in [0.25, 0.3) is 0 Å². The number of rotatable bonds is 7. The quantitative estimate of drug-likeness (QED) is 0.598. The Kier molecular flexibility index (Phi) is 7.14. The molecule has 2 rings (SSSR count). The van der Waals surface area contributed by atoms with E-state index in [1.807, 2.05) is 36.4 Å². The van der Waals surface area contributed by atoms with E-state index in [1.165, 1.54) is 5.56 Å². The van der Waals surface area contributed by atoms with E-state index in [0.29, 0.717) is 12.3 Å². The smallest absolute Gasteiger partial charge is 0.192 e. The summed E-state index contributed by atoms with van der Waals surface area (Å²) in [4.78, 5) is 4.68. The Morgan fingerprint density at radius 2 is 1.76 bits per heavy atom. The predicted octanol–water partition coefficient (Wildman–Crippen LogP) is 3.52. The van der Waals surface area contributed by atoms with Crippen molar-refractivity contribution in [1.82, 2.24) is 10.6 Å². The highest BCUT2D eigenvalue weighted by Gasteiger charge is 2.08. The molecule has 0 bridgehead atoms. The molecular formula is C20H27N3O2. The highest BCUT2D eigenvalue weighted by Crippen LogP contribution is 2.27. The van der Waals surface area contributed by atoms with Crippen LogP contribution in [0.5, 0.6) is 11.5 Å². The van der Waals surface area contributed by atoms with Crippen molar-refractivity contribution < 1.29 is 9.47 Å². The molecule has 1 unspecified atom stereocenters. The van der Waals surface area contributed by atoms with Crippen LogP contribution in [0.25, 0.3) is 0 Å². The highest BCUT2D eigenvalue weighted by atomic mass is 16.5. The van der Waals surface area contributed by atoms with Gasteiger partial charge in [-0.25, -0.2) is 4.99 Å². The van der Waals surface area contributed by atoms with E-state index < -0.39 is 0 Å². The molecule has 0 aromatic heterocycles. The first kappa shape index (κ1) is 18.6. The van der Waals surface area contributed by atoms with Gasteiger partial charge in [0.2, 0.25) is 0 Å². The summed E-state index contributed by atoms with van der Waals surface area (Å²) in [6, 6.07) is 16.3. The molecule has 2 N–H and O–H groups in total. The van der Waals surface area contributed by atoms with Crippen LogP contribution in [0.3, 0.4) is 0 Å². The van der Waals surface area contributed by atoms with Gasteiger partial charge in [0.15, 0.2) is 17.5 Å². The molecule has 25 heavy (non-hydrogen) atoms. The van der Waals surface area contributed by atoms with E-state index >= 15 is 0 Å². The predicted molar refractivity (Wildman–Crippen MR) is 102 cm³/mol. The summed E-state index contributed by atoms with van der Waals surface area (Å²) in [7, 11) is 3.27. The number of ether oxygens (including phenoxy) is 2. The molecule has 0 fully saturated rings. The van der Waals surface area contributed by atoms with Gasteiger partial charge < -0.3 is 20.1 Å². The third kappa shape index (κ3) is 5.41. The van der Waals surface area contributed by atoms with Crippen molar-refractivity contribution in [2.24, 2.45) is 4.99 Å². The zero-order valence-electron chi connectivity index (χ0n) is 15.4. The van der Waals surface area contributed by atoms with E-state index in [2.05, 4.69) is 41.6 Å². The maximum absolute atomic E-state index is 5.35. The lowest BCUT2D eigenvalue weighted by molar-refractivity contribution is 0.354. The monoisotopic (exact) mass is 341 g/mol. The molecular weight excluding hydrogens is 314 g/mol. The zero-order chi connectivity index (χ0) is 18.1. The van der Waals surface area contributed by atoms with E-state index in [1.54, 1.807) is 14.2 Å². The fraction of sp³-hybridized carbons (Fsp3) is 0.350. The second kappa shape index (κ2) is 9.57. The van der Waals surface area contributed by atoms with Gasteiger partial charge in [-0.2, -0.15) is 0 Å². The number of nitrogens with one attached hydrogen (secondary N) is 2. The fourth-order valence-corrected chi connectivity index (χ4v) is 2.50. The Morgan fingerprint density at radius 1 is 1.04 bits per heavy atom. The molecule has 0 saturated heterocycles. The molecule has 0 aliphatic carbocycles. The van der Waals surface area contributed by atoms with Gasteiger partial charge in [-0.05, 0) is 37.1 Å². The molecule has 5 heteroatoms. The van der Waals surface area contributed by atoms with Crippen LogP contribution in [0.2, 0.25) is 0 Å². The summed E-state index contributed by atoms with van der Waals surface area (Å²) in [5.41, 5.74) is 2.28. The molecule has 2 aromatic carbocycles. The topological polar surface area (TPSA) is 54.9 Å². The summed E-state index contributed by atoms with van der Waals surface area (Å²) >= 11 is 0. The normalized spacial score (nSPS) is 12.4. The average Bonchev–Trinajstić information content (AvgIpc) is 2.66. The van der Waals surface area contributed by atoms with Crippen LogP contribution in [0, 0.1) is 0 Å². The number of aliphatic imine (C=N–C) groups is 1. The van der Waals surface area contributed by atoms with Crippen LogP contribution in [-0.2, 0) is 6.54 Å². The van der Waals surface area contributed by atoms with Gasteiger partial charge in [0.1, 0.15) is 0 Å². The molecule has 0 saturated carbocycles. The third-order valence-electron chi connectivity index (χ3n) is 3.86. The van der Waals surface area contributed by atoms with Crippen LogP contribution in [0.1, 0.15) is 31.0 Å². The Balaban J connectivity index is 2.09. The summed E-state index contributed by atoms with van der Waals surface area (Å²) in [5, 5.41) is 6.73. The Labute approximate surface area is 150 Å². The summed E-state index contributed by atoms with van der Waals surface area (Å²) < 4.78 is 10.6. The highest BCUT2D eigenvalue weighted by molar-refractivity contribution is 5.80. The van der Waals surface area contributed by atoms with Gasteiger partial charge >= 0.3 is 0 Å². The SMILES string of the molecule is CCNC(=NCc1ccc(OC)c(OC)c1)NC(C)c1ccccc1. The van der Waals surface area contributed by atoms with Crippen LogP contribution >= 0.6 is 0 Å². The molecule has 2 aromatic rings. The van der Waals surface area contributed by atoms with Crippen molar-refractivity contribution in [1.29, 1.82) is 0 Å². The Morgan fingerprint density at radius 3 is 2.40 bits per heavy atom. The zero-order valence-corrected chi connectivity index (χ0v) is 15.4. The van der Waals surface area contributed by atoms with Crippen molar-refractivity contribution >= 4 is 5.96 Å². The fourth-order valence-electron chi connectivity index (χ4n) is 2.50. The van der Waals surface area contributed by atoms with Crippen molar-refractivity contribution in [2.45, 2.75) is 26.4 Å². The molecule has 0 radical (unpaired) electrons. The molecule has 134 valence electrons. The standard InChI is InChI=1S/C20H27N3O2/c1-5-21-20(23-15(2)17-9-7-6-8-10-17)22-14-16-11-12-18(24-3)19(13-16)25-4/h6-13,15H,5,14H2,1-4H3,(H2,21,22,23). The van der Waals surface area contributed by atoms with E-state index in [0.717, 1.165) is 23.8 Å². The summed E-state index contributed by atoms with van der Waals surface area (Å²) in [6.45, 7) is 5.54. The number of methoxy groups -OCH3 is 2. The van der Waals surface area contributed by atoms with E-state index in [-0.39, 0.29) is 6.04 Å². The molecule has 0 aliphatic rings. The molecule has 0 heterocycles. The second-order valence-electron chi connectivity index (χ2n) is 5.66. The minimum absolute atomic E-state index is 0.171. The average molecular weight is 341 g/mol. The molecule has 0 amide bonds. The Bertz CT molecular complexity index is 687. The first-order chi connectivity index (χ1) is 12.2. The molecule has 0 spiro atoms. The first-order valence-electron chi connectivity index (χ1n) is 8.48. The van der Waals surface area contributed by atoms with Crippen LogP contribution in [0.4, 0.5) is 0 Å². The van der Waals surface area contributed by atoms with Crippen molar-refractivity contribution in [2.75, 3.05) is 20.8 Å². The minimum atomic E-state index is 0.171. The largest absolute Gasteiger partial charge is 0.493 e. The van der Waals surface area contributed by atoms with Crippen molar-refractivity contribution in [3.63, 3.8) is 0 Å². The van der Waals surface area contributed by atoms with Gasteiger partial charge in [0, 0.05) is 6.54 Å². The lowest BCUT2D eigenvalue weighted by Gasteiger charge is -2.18. The summed E-state index contributed by atoms with van der Waals surface area (Å²) in [6.07, 6.45) is 0. The first-order valence-corrected chi connectivity index (χ1v) is 8.48. The Hall–Kier alpha value is -2.69. The molecule has 1 atom stereocenters. The van der Waals surface area contributed by atoms with Gasteiger partial charge in [-0.1, -0.05) is 36.4 Å². The van der Waals surface area contributed by atoms with Gasteiger partial charge in [-0.3, -0.25) is 0 Å². The van der Waals surface area contributed by atoms with Crippen LogP contribution in [-0.4, -0.2) is 26.7 Å². The van der Waals surface area contributed by atoms with Crippen LogP contribution < -0.4 is 20.1 Å². The maximum atomic E-state index is 5.35. The summed E-state index contributed by atoms with van der Waals surface area (Å²) in [5.74, 6) is 2.22. The second-order valence-corrected chi connectivity index (χ2v) is 5.66. The maximum Gasteiger partial charge on any atom is 0.192 e. The number of hydrogen-bond donors (Lipinski definition) is 2. The van der Waals surface area contributed by atoms with E-state index in [4.69, 9.17) is 9.47 Å². The van der Waals surface area contributed by atoms with Crippen molar-refractivity contribution in [3.8, 4) is 11.5 Å². The number of benzene rings is 2.